The lowest BCUT2D eigenvalue weighted by atomic mass is 9.60. The summed E-state index contributed by atoms with van der Waals surface area (Å²) < 4.78 is 6.84. The summed E-state index contributed by atoms with van der Waals surface area (Å²) in [6, 6.07) is 0. The Morgan fingerprint density at radius 3 is 2.00 bits per heavy atom. The fraction of sp³-hybridized carbons (Fsp3) is 1.00. The van der Waals surface area contributed by atoms with Crippen molar-refractivity contribution in [3.8, 4) is 0 Å². The van der Waals surface area contributed by atoms with Gasteiger partial charge in [-0.3, -0.25) is 0 Å². The van der Waals surface area contributed by atoms with Crippen LogP contribution in [0.3, 0.4) is 0 Å². The molecule has 0 spiro atoms. The molecule has 0 saturated heterocycles. The molecule has 0 radical (unpaired) electrons. The second-order valence-electron chi connectivity index (χ2n) is 10.1. The van der Waals surface area contributed by atoms with Crippen LogP contribution in [0.5, 0.6) is 0 Å². The summed E-state index contributed by atoms with van der Waals surface area (Å²) in [5.74, 6) is 0.693. The first-order valence-electron chi connectivity index (χ1n) is 8.57. The van der Waals surface area contributed by atoms with Crippen molar-refractivity contribution in [2.24, 2.45) is 16.7 Å². The Balaban J connectivity index is 2.39. The molecule has 2 aliphatic rings. The molecule has 2 saturated carbocycles. The van der Waals surface area contributed by atoms with Crippen LogP contribution >= 0.6 is 0 Å². The second-order valence-corrected chi connectivity index (χ2v) is 14.8. The lowest BCUT2D eigenvalue weighted by molar-refractivity contribution is -0.145. The number of rotatable bonds is 3. The van der Waals surface area contributed by atoms with Gasteiger partial charge in [0.15, 0.2) is 8.32 Å². The molecule has 0 aliphatic heterocycles. The van der Waals surface area contributed by atoms with Gasteiger partial charge in [-0.15, -0.1) is 0 Å². The maximum Gasteiger partial charge on any atom is 0.192 e. The van der Waals surface area contributed by atoms with Crippen LogP contribution in [-0.2, 0) is 4.43 Å². The van der Waals surface area contributed by atoms with E-state index in [1.165, 1.54) is 6.42 Å². The van der Waals surface area contributed by atoms with E-state index in [1.54, 1.807) is 0 Å². The Labute approximate surface area is 132 Å². The first kappa shape index (κ1) is 17.5. The minimum absolute atomic E-state index is 0.0970. The van der Waals surface area contributed by atoms with E-state index in [9.17, 15) is 5.11 Å². The highest BCUT2D eigenvalue weighted by Gasteiger charge is 2.70. The summed E-state index contributed by atoms with van der Waals surface area (Å²) in [6.07, 6.45) is 3.69. The van der Waals surface area contributed by atoms with Crippen molar-refractivity contribution >= 4 is 8.32 Å². The third-order valence-corrected chi connectivity index (χ3v) is 11.9. The Morgan fingerprint density at radius 2 is 1.62 bits per heavy atom. The van der Waals surface area contributed by atoms with Gasteiger partial charge in [0.2, 0.25) is 0 Å². The van der Waals surface area contributed by atoms with E-state index in [4.69, 9.17) is 4.43 Å². The summed E-state index contributed by atoms with van der Waals surface area (Å²) >= 11 is 0. The Bertz CT molecular complexity index is 414. The van der Waals surface area contributed by atoms with Crippen LogP contribution < -0.4 is 0 Å². The molecule has 2 aliphatic carbocycles. The molecule has 0 aromatic carbocycles. The molecule has 0 unspecified atom stereocenters. The Hall–Kier alpha value is 0.137. The van der Waals surface area contributed by atoms with Gasteiger partial charge in [0.05, 0.1) is 11.7 Å². The van der Waals surface area contributed by atoms with Gasteiger partial charge in [-0.2, -0.15) is 0 Å². The molecule has 124 valence electrons. The van der Waals surface area contributed by atoms with Crippen molar-refractivity contribution in [3.63, 3.8) is 0 Å². The molecule has 0 amide bonds. The van der Waals surface area contributed by atoms with Gasteiger partial charge in [0.1, 0.15) is 0 Å². The molecule has 0 aromatic rings. The van der Waals surface area contributed by atoms with Gasteiger partial charge in [0.25, 0.3) is 0 Å². The lowest BCUT2D eigenvalue weighted by Crippen LogP contribution is -2.58. The van der Waals surface area contributed by atoms with Crippen molar-refractivity contribution in [2.75, 3.05) is 0 Å². The molecule has 0 aromatic heterocycles. The van der Waals surface area contributed by atoms with E-state index in [1.807, 2.05) is 13.8 Å². The van der Waals surface area contributed by atoms with Crippen LogP contribution in [0.25, 0.3) is 0 Å². The van der Waals surface area contributed by atoms with Gasteiger partial charge in [-0.05, 0) is 62.6 Å². The molecular weight excluding hydrogens is 276 g/mol. The second kappa shape index (κ2) is 4.58. The maximum absolute atomic E-state index is 11.0. The van der Waals surface area contributed by atoms with Crippen molar-refractivity contribution < 1.29 is 9.53 Å². The quantitative estimate of drug-likeness (QED) is 0.745. The summed E-state index contributed by atoms with van der Waals surface area (Å²) in [7, 11) is -1.81. The molecule has 2 bridgehead atoms. The van der Waals surface area contributed by atoms with Gasteiger partial charge in [-0.1, -0.05) is 34.6 Å². The van der Waals surface area contributed by atoms with E-state index in [-0.39, 0.29) is 22.0 Å². The monoisotopic (exact) mass is 312 g/mol. The highest BCUT2D eigenvalue weighted by atomic mass is 28.4. The highest BCUT2D eigenvalue weighted by molar-refractivity contribution is 6.74. The molecule has 1 N–H and O–H groups in total. The van der Waals surface area contributed by atoms with Crippen LogP contribution in [0.1, 0.15) is 67.7 Å². The first-order valence-corrected chi connectivity index (χ1v) is 11.5. The van der Waals surface area contributed by atoms with E-state index >= 15 is 0 Å². The molecule has 21 heavy (non-hydrogen) atoms. The third kappa shape index (κ3) is 2.26. The minimum atomic E-state index is -1.81. The van der Waals surface area contributed by atoms with Gasteiger partial charge < -0.3 is 9.53 Å². The van der Waals surface area contributed by atoms with Crippen LogP contribution in [-0.4, -0.2) is 25.1 Å². The lowest BCUT2D eigenvalue weighted by Gasteiger charge is -2.53. The van der Waals surface area contributed by atoms with E-state index in [2.05, 4.69) is 47.7 Å². The van der Waals surface area contributed by atoms with E-state index in [0.717, 1.165) is 12.8 Å². The fourth-order valence-electron chi connectivity index (χ4n) is 5.07. The maximum atomic E-state index is 11.0. The standard InChI is InChI=1S/C18H36O2Si/c1-15(2,3)21(8,9)20-14-12-13-10-11-18(14,16(13,4)5)17(6,7)19/h13-14,19H,10-12H2,1-9H3/t13-,14-,18-/m0/s1. The molecule has 0 heterocycles. The summed E-state index contributed by atoms with van der Waals surface area (Å²) in [5.41, 5.74) is -0.618. The average Bonchev–Trinajstić information content (AvgIpc) is 2.60. The van der Waals surface area contributed by atoms with Crippen LogP contribution in [0.2, 0.25) is 18.1 Å². The number of aliphatic hydroxyl groups is 1. The van der Waals surface area contributed by atoms with Crippen LogP contribution in [0.4, 0.5) is 0 Å². The zero-order valence-electron chi connectivity index (χ0n) is 15.6. The van der Waals surface area contributed by atoms with Crippen molar-refractivity contribution in [1.29, 1.82) is 0 Å². The molecule has 3 heteroatoms. The van der Waals surface area contributed by atoms with Crippen LogP contribution in [0, 0.1) is 16.7 Å². The Kier molecular flexibility index (Phi) is 3.81. The van der Waals surface area contributed by atoms with Crippen molar-refractivity contribution in [2.45, 2.75) is 97.6 Å². The third-order valence-electron chi connectivity index (χ3n) is 7.44. The molecule has 2 rings (SSSR count). The number of hydrogen-bond donors (Lipinski definition) is 1. The Morgan fingerprint density at radius 1 is 1.10 bits per heavy atom. The largest absolute Gasteiger partial charge is 0.413 e. The average molecular weight is 313 g/mol. The predicted octanol–water partition coefficient (Wildman–Crippen LogP) is 4.97. The highest BCUT2D eigenvalue weighted by Crippen LogP contribution is 2.70. The zero-order chi connectivity index (χ0) is 16.5. The smallest absolute Gasteiger partial charge is 0.192 e. The number of fused-ring (bicyclic) bond motifs is 2. The van der Waals surface area contributed by atoms with Crippen molar-refractivity contribution in [1.82, 2.24) is 0 Å². The molecule has 2 nitrogen and oxygen atoms in total. The zero-order valence-corrected chi connectivity index (χ0v) is 16.6. The summed E-state index contributed by atoms with van der Waals surface area (Å²) in [5, 5.41) is 11.3. The minimum Gasteiger partial charge on any atom is -0.413 e. The SMILES string of the molecule is CC(C)(O)[C@@]12CC[C@@H](C[C@@H]1O[Si](C)(C)C(C)(C)C)C2(C)C. The normalized spacial score (nSPS) is 36.3. The summed E-state index contributed by atoms with van der Waals surface area (Å²) in [4.78, 5) is 0. The number of hydrogen-bond acceptors (Lipinski definition) is 2. The van der Waals surface area contributed by atoms with E-state index in [0.29, 0.717) is 5.92 Å². The fourth-order valence-corrected chi connectivity index (χ4v) is 6.43. The van der Waals surface area contributed by atoms with Crippen LogP contribution in [0.15, 0.2) is 0 Å². The first-order chi connectivity index (χ1) is 9.17. The molecule has 2 fully saturated rings. The summed E-state index contributed by atoms with van der Waals surface area (Å²) in [6.45, 7) is 20.3. The topological polar surface area (TPSA) is 29.5 Å². The molecular formula is C18H36O2Si. The van der Waals surface area contributed by atoms with Gasteiger partial charge in [-0.25, -0.2) is 0 Å². The predicted molar refractivity (Wildman–Crippen MR) is 91.9 cm³/mol. The molecule has 3 atom stereocenters. The van der Waals surface area contributed by atoms with Gasteiger partial charge in [0, 0.05) is 5.41 Å². The van der Waals surface area contributed by atoms with Gasteiger partial charge >= 0.3 is 0 Å². The van der Waals surface area contributed by atoms with E-state index < -0.39 is 13.9 Å². The van der Waals surface area contributed by atoms with Crippen molar-refractivity contribution in [3.05, 3.63) is 0 Å².